The van der Waals surface area contributed by atoms with Gasteiger partial charge in [-0.25, -0.2) is 0 Å². The van der Waals surface area contributed by atoms with Crippen molar-refractivity contribution >= 4 is 14.5 Å². The lowest BCUT2D eigenvalue weighted by atomic mass is 10.2. The first kappa shape index (κ1) is 22.9. The van der Waals surface area contributed by atoms with Crippen LogP contribution in [-0.2, 0) is 18.0 Å². The summed E-state index contributed by atoms with van der Waals surface area (Å²) in [5.74, 6) is 0.870. The molecule has 26 heavy (non-hydrogen) atoms. The van der Waals surface area contributed by atoms with Gasteiger partial charge in [-0.05, 0) is 39.3 Å². The van der Waals surface area contributed by atoms with Crippen LogP contribution in [0.1, 0.15) is 27.2 Å². The second-order valence-corrected chi connectivity index (χ2v) is 8.55. The summed E-state index contributed by atoms with van der Waals surface area (Å²) in [7, 11) is 1.17. The van der Waals surface area contributed by atoms with Gasteiger partial charge in [-0.15, -0.1) is 0 Å². The van der Waals surface area contributed by atoms with Crippen LogP contribution in [0.3, 0.4) is 0 Å². The maximum atomic E-state index is 5.92. The van der Waals surface area contributed by atoms with E-state index in [1.165, 1.54) is 0 Å². The summed E-state index contributed by atoms with van der Waals surface area (Å²) in [5.41, 5.74) is 1.07. The van der Waals surface area contributed by atoms with Gasteiger partial charge in [-0.3, -0.25) is 0 Å². The molecule has 0 aliphatic heterocycles. The smallest absolute Gasteiger partial charge is 0.489 e. The van der Waals surface area contributed by atoms with Crippen molar-refractivity contribution in [1.29, 1.82) is 0 Å². The van der Waals surface area contributed by atoms with E-state index in [4.69, 9.17) is 22.8 Å². The van der Waals surface area contributed by atoms with Gasteiger partial charge in [-0.1, -0.05) is 12.1 Å². The lowest BCUT2D eigenvalue weighted by Crippen LogP contribution is -2.46. The summed E-state index contributed by atoms with van der Waals surface area (Å²) in [5, 5.41) is 0. The molecule has 0 saturated carbocycles. The Hall–Kier alpha value is -1.12. The molecule has 1 aromatic rings. The quantitative estimate of drug-likeness (QED) is 0.340. The van der Waals surface area contributed by atoms with Crippen LogP contribution >= 0.6 is 0 Å². The zero-order valence-electron chi connectivity index (χ0n) is 17.0. The fraction of sp³-hybridized carbons (Fsp3) is 0.684. The predicted molar refractivity (Wildman–Crippen MR) is 107 cm³/mol. The molecule has 0 aromatic heterocycles. The number of hydrogen-bond donors (Lipinski definition) is 0. The highest BCUT2D eigenvalue weighted by molar-refractivity contribution is 6.60. The summed E-state index contributed by atoms with van der Waals surface area (Å²) in [6.07, 6.45) is 0.926. The van der Waals surface area contributed by atoms with E-state index in [0.29, 0.717) is 33.0 Å². The Morgan fingerprint density at radius 1 is 0.923 bits per heavy atom. The Kier molecular flexibility index (Phi) is 11.6. The molecule has 0 spiro atoms. The molecule has 7 heteroatoms. The van der Waals surface area contributed by atoms with Crippen molar-refractivity contribution in [3.05, 3.63) is 24.3 Å². The lowest BCUT2D eigenvalue weighted by molar-refractivity contribution is 0.0710. The monoisotopic (exact) mass is 385 g/mol. The Labute approximate surface area is 159 Å². The normalized spacial score (nSPS) is 11.6. The van der Waals surface area contributed by atoms with Crippen molar-refractivity contribution < 1.29 is 22.8 Å². The van der Waals surface area contributed by atoms with Crippen molar-refractivity contribution in [2.75, 3.05) is 58.6 Å². The van der Waals surface area contributed by atoms with Crippen LogP contribution in [0.2, 0.25) is 6.04 Å². The van der Waals surface area contributed by atoms with Gasteiger partial charge < -0.3 is 27.7 Å². The largest absolute Gasteiger partial charge is 0.500 e. The maximum Gasteiger partial charge on any atom is 0.500 e. The van der Waals surface area contributed by atoms with Crippen LogP contribution in [0.25, 0.3) is 0 Å². The Bertz CT molecular complexity index is 472. The zero-order chi connectivity index (χ0) is 19.3. The van der Waals surface area contributed by atoms with E-state index in [-0.39, 0.29) is 0 Å². The van der Waals surface area contributed by atoms with Crippen LogP contribution in [-0.4, -0.2) is 62.5 Å². The summed E-state index contributed by atoms with van der Waals surface area (Å²) in [6, 6.07) is 8.87. The molecular formula is C19H35NO5Si. The number of methoxy groups -OCH3 is 1. The average Bonchev–Trinajstić information content (AvgIpc) is 2.63. The van der Waals surface area contributed by atoms with E-state index in [1.807, 2.05) is 39.0 Å². The van der Waals surface area contributed by atoms with Crippen molar-refractivity contribution in [2.45, 2.75) is 33.2 Å². The SMILES string of the molecule is CCO[Si](CCCN(C)c1ccccc1OCCOC)(OCC)OCC. The van der Waals surface area contributed by atoms with E-state index in [2.05, 4.69) is 18.0 Å². The first-order valence-corrected chi connectivity index (χ1v) is 11.4. The first-order valence-electron chi connectivity index (χ1n) is 9.46. The number of nitrogens with zero attached hydrogens (tertiary/aromatic N) is 1. The Balaban J connectivity index is 2.65. The first-order chi connectivity index (χ1) is 12.6. The minimum absolute atomic E-state index is 0.538. The fourth-order valence-electron chi connectivity index (χ4n) is 2.78. The van der Waals surface area contributed by atoms with Crippen molar-refractivity contribution in [3.8, 4) is 5.75 Å². The number of hydrogen-bond acceptors (Lipinski definition) is 6. The highest BCUT2D eigenvalue weighted by atomic mass is 28.4. The molecule has 6 nitrogen and oxygen atoms in total. The van der Waals surface area contributed by atoms with Crippen LogP contribution in [0, 0.1) is 0 Å². The molecule has 1 rings (SSSR count). The van der Waals surface area contributed by atoms with Crippen LogP contribution in [0.4, 0.5) is 5.69 Å². The highest BCUT2D eigenvalue weighted by Crippen LogP contribution is 2.28. The lowest BCUT2D eigenvalue weighted by Gasteiger charge is -2.29. The maximum absolute atomic E-state index is 5.92. The molecule has 0 saturated heterocycles. The second kappa shape index (κ2) is 13.1. The number of benzene rings is 1. The van der Waals surface area contributed by atoms with Gasteiger partial charge in [0.15, 0.2) is 0 Å². The molecule has 1 aromatic carbocycles. The van der Waals surface area contributed by atoms with Crippen LogP contribution in [0.15, 0.2) is 24.3 Å². The molecule has 150 valence electrons. The number of rotatable bonds is 15. The number of para-hydroxylation sites is 2. The second-order valence-electron chi connectivity index (χ2n) is 5.82. The highest BCUT2D eigenvalue weighted by Gasteiger charge is 2.39. The molecule has 0 aliphatic rings. The third-order valence-corrected chi connectivity index (χ3v) is 7.04. The van der Waals surface area contributed by atoms with Crippen LogP contribution < -0.4 is 9.64 Å². The fourth-order valence-corrected chi connectivity index (χ4v) is 5.38. The van der Waals surface area contributed by atoms with Crippen molar-refractivity contribution in [2.24, 2.45) is 0 Å². The molecule has 0 fully saturated rings. The molecule has 0 amide bonds. The molecule has 0 N–H and O–H groups in total. The molecule has 0 atom stereocenters. The average molecular weight is 386 g/mol. The molecule has 0 heterocycles. The topological polar surface area (TPSA) is 49.4 Å². The Morgan fingerprint density at radius 2 is 1.54 bits per heavy atom. The van der Waals surface area contributed by atoms with Gasteiger partial charge in [0.1, 0.15) is 12.4 Å². The van der Waals surface area contributed by atoms with Gasteiger partial charge >= 0.3 is 8.80 Å². The molecule has 0 bridgehead atoms. The third-order valence-electron chi connectivity index (χ3n) is 3.89. The Morgan fingerprint density at radius 3 is 2.12 bits per heavy atom. The molecule has 0 aliphatic carbocycles. The van der Waals surface area contributed by atoms with Crippen LogP contribution in [0.5, 0.6) is 5.75 Å². The van der Waals surface area contributed by atoms with Gasteiger partial charge in [0.25, 0.3) is 0 Å². The minimum Gasteiger partial charge on any atom is -0.489 e. The summed E-state index contributed by atoms with van der Waals surface area (Å²) in [6.45, 7) is 9.76. The van der Waals surface area contributed by atoms with E-state index < -0.39 is 8.80 Å². The van der Waals surface area contributed by atoms with Gasteiger partial charge in [-0.2, -0.15) is 0 Å². The van der Waals surface area contributed by atoms with Gasteiger partial charge in [0, 0.05) is 46.6 Å². The summed E-state index contributed by atoms with van der Waals surface area (Å²) in [4.78, 5) is 2.20. The van der Waals surface area contributed by atoms with E-state index >= 15 is 0 Å². The van der Waals surface area contributed by atoms with Crippen molar-refractivity contribution in [1.82, 2.24) is 0 Å². The van der Waals surface area contributed by atoms with E-state index in [9.17, 15) is 0 Å². The number of ether oxygens (including phenoxy) is 2. The molecule has 0 radical (unpaired) electrons. The standard InChI is InChI=1S/C19H35NO5Si/c1-6-23-26(24-7-2,25-8-3)17-11-14-20(4)18-12-9-10-13-19(18)22-16-15-21-5/h9-10,12-13H,6-8,11,14-17H2,1-5H3. The van der Waals surface area contributed by atoms with E-state index in [0.717, 1.165) is 30.4 Å². The van der Waals surface area contributed by atoms with E-state index in [1.54, 1.807) is 7.11 Å². The van der Waals surface area contributed by atoms with Gasteiger partial charge in [0.05, 0.1) is 12.3 Å². The predicted octanol–water partition coefficient (Wildman–Crippen LogP) is 3.59. The van der Waals surface area contributed by atoms with Crippen molar-refractivity contribution in [3.63, 3.8) is 0 Å². The molecule has 0 unspecified atom stereocenters. The summed E-state index contributed by atoms with van der Waals surface area (Å²) >= 11 is 0. The third kappa shape index (κ3) is 7.63. The summed E-state index contributed by atoms with van der Waals surface area (Å²) < 4.78 is 28.7. The number of anilines is 1. The molecular weight excluding hydrogens is 350 g/mol. The van der Waals surface area contributed by atoms with Gasteiger partial charge in [0.2, 0.25) is 0 Å². The zero-order valence-corrected chi connectivity index (χ0v) is 18.0. The minimum atomic E-state index is -2.58.